The van der Waals surface area contributed by atoms with E-state index < -0.39 is 5.97 Å². The molecule has 0 spiro atoms. The fourth-order valence-electron chi connectivity index (χ4n) is 2.86. The number of anilines is 2. The maximum Gasteiger partial charge on any atom is 0.315 e. The van der Waals surface area contributed by atoms with Crippen molar-refractivity contribution in [2.24, 2.45) is 0 Å². The molecule has 9 heteroatoms. The fourth-order valence-corrected chi connectivity index (χ4v) is 3.15. The van der Waals surface area contributed by atoms with Gasteiger partial charge >= 0.3 is 5.97 Å². The lowest BCUT2D eigenvalue weighted by Crippen LogP contribution is -2.39. The summed E-state index contributed by atoms with van der Waals surface area (Å²) in [5.41, 5.74) is 7.42. The highest BCUT2D eigenvalue weighted by Crippen LogP contribution is 2.31. The molecule has 0 radical (unpaired) electrons. The summed E-state index contributed by atoms with van der Waals surface area (Å²) in [6, 6.07) is 8.63. The Hall–Kier alpha value is -2.51. The molecule has 0 aliphatic heterocycles. The zero-order valence-corrected chi connectivity index (χ0v) is 18.1. The molecule has 1 atom stereocenters. The van der Waals surface area contributed by atoms with Crippen LogP contribution in [0.4, 0.5) is 11.5 Å². The number of halogens is 2. The number of benzene rings is 1. The van der Waals surface area contributed by atoms with Crippen LogP contribution in [0, 0.1) is 0 Å². The summed E-state index contributed by atoms with van der Waals surface area (Å²) in [6.07, 6.45) is 1.20. The number of carbonyl (C=O) groups is 2. The molecule has 1 aromatic heterocycles. The summed E-state index contributed by atoms with van der Waals surface area (Å²) in [7, 11) is 3.46. The van der Waals surface area contributed by atoms with Gasteiger partial charge in [0.05, 0.1) is 23.4 Å². The number of amides is 1. The average molecular weight is 439 g/mol. The summed E-state index contributed by atoms with van der Waals surface area (Å²) < 4.78 is 4.86. The van der Waals surface area contributed by atoms with Gasteiger partial charge in [-0.1, -0.05) is 35.3 Å². The highest BCUT2D eigenvalue weighted by molar-refractivity contribution is 6.31. The van der Waals surface area contributed by atoms with Crippen molar-refractivity contribution in [2.75, 3.05) is 37.9 Å². The number of esters is 1. The molecule has 1 heterocycles. The fraction of sp³-hybridized carbons (Fsp3) is 0.350. The number of likely N-dealkylation sites (N-methyl/N-ethyl adjacent to an activating group) is 2. The van der Waals surface area contributed by atoms with Crippen LogP contribution in [0.15, 0.2) is 36.5 Å². The number of ether oxygens (including phenoxy) is 1. The second-order valence-electron chi connectivity index (χ2n) is 6.50. The molecule has 1 aromatic carbocycles. The van der Waals surface area contributed by atoms with Crippen molar-refractivity contribution < 1.29 is 14.3 Å². The molecule has 2 N–H and O–H groups in total. The van der Waals surface area contributed by atoms with E-state index in [4.69, 9.17) is 33.7 Å². The molecule has 0 bridgehead atoms. The van der Waals surface area contributed by atoms with Crippen LogP contribution in [0.3, 0.4) is 0 Å². The van der Waals surface area contributed by atoms with Gasteiger partial charge in [0, 0.05) is 31.9 Å². The number of nitrogen functional groups attached to an aromatic ring is 1. The van der Waals surface area contributed by atoms with Crippen molar-refractivity contribution in [1.29, 1.82) is 0 Å². The molecular weight excluding hydrogens is 415 g/mol. The topological polar surface area (TPSA) is 88.8 Å². The first kappa shape index (κ1) is 22.8. The van der Waals surface area contributed by atoms with E-state index in [1.165, 1.54) is 11.1 Å². The third-order valence-corrected chi connectivity index (χ3v) is 4.85. The molecule has 2 rings (SSSR count). The number of pyridine rings is 1. The van der Waals surface area contributed by atoms with Crippen molar-refractivity contribution >= 4 is 46.6 Å². The van der Waals surface area contributed by atoms with Crippen molar-refractivity contribution in [2.45, 2.75) is 19.4 Å². The summed E-state index contributed by atoms with van der Waals surface area (Å²) >= 11 is 12.0. The zero-order chi connectivity index (χ0) is 21.6. The maximum atomic E-state index is 12.4. The lowest BCUT2D eigenvalue weighted by atomic mass is 10.0. The van der Waals surface area contributed by atoms with Crippen molar-refractivity contribution in [3.8, 4) is 0 Å². The lowest BCUT2D eigenvalue weighted by Gasteiger charge is -2.33. The van der Waals surface area contributed by atoms with Crippen LogP contribution in [-0.2, 0) is 14.3 Å². The second kappa shape index (κ2) is 10.3. The molecule has 1 unspecified atom stereocenters. The van der Waals surface area contributed by atoms with E-state index in [1.807, 2.05) is 24.1 Å². The van der Waals surface area contributed by atoms with Crippen LogP contribution in [-0.4, -0.2) is 49.0 Å². The van der Waals surface area contributed by atoms with Gasteiger partial charge in [0.1, 0.15) is 6.42 Å². The van der Waals surface area contributed by atoms with Crippen molar-refractivity contribution in [3.05, 3.63) is 52.1 Å². The molecule has 7 nitrogen and oxygen atoms in total. The number of nitrogens with zero attached hydrogens (tertiary/aromatic N) is 3. The predicted molar refractivity (Wildman–Crippen MR) is 115 cm³/mol. The Labute approximate surface area is 180 Å². The van der Waals surface area contributed by atoms with E-state index in [2.05, 4.69) is 4.98 Å². The Morgan fingerprint density at radius 3 is 2.41 bits per heavy atom. The van der Waals surface area contributed by atoms with Crippen LogP contribution in [0.25, 0.3) is 0 Å². The van der Waals surface area contributed by atoms with Gasteiger partial charge in [0.2, 0.25) is 5.91 Å². The molecule has 0 saturated heterocycles. The third-order valence-electron chi connectivity index (χ3n) is 4.39. The summed E-state index contributed by atoms with van der Waals surface area (Å²) in [6.45, 7) is 2.22. The van der Waals surface area contributed by atoms with Crippen LogP contribution < -0.4 is 10.6 Å². The number of hydrogen-bond donors (Lipinski definition) is 1. The smallest absolute Gasteiger partial charge is 0.315 e. The number of hydrogen-bond acceptors (Lipinski definition) is 6. The molecule has 0 fully saturated rings. The normalized spacial score (nSPS) is 11.6. The molecule has 1 amide bonds. The minimum absolute atomic E-state index is 0.230. The Kier molecular flexibility index (Phi) is 8.10. The monoisotopic (exact) mass is 438 g/mol. The Morgan fingerprint density at radius 1 is 1.17 bits per heavy atom. The molecule has 0 aliphatic carbocycles. The Balaban J connectivity index is 2.29. The second-order valence-corrected chi connectivity index (χ2v) is 7.37. The quantitative estimate of drug-likeness (QED) is 0.500. The van der Waals surface area contributed by atoms with E-state index in [9.17, 15) is 9.59 Å². The molecule has 2 aromatic rings. The molecular formula is C20H24Cl2N4O3. The number of aromatic nitrogens is 1. The Bertz CT molecular complexity index is 861. The highest BCUT2D eigenvalue weighted by Gasteiger charge is 2.25. The van der Waals surface area contributed by atoms with Gasteiger partial charge in [-0.05, 0) is 30.7 Å². The van der Waals surface area contributed by atoms with E-state index in [0.717, 1.165) is 5.56 Å². The molecule has 0 aliphatic rings. The molecule has 0 saturated carbocycles. The zero-order valence-electron chi connectivity index (χ0n) is 16.6. The SMILES string of the molecule is CCOC(=O)CC(=O)N(C)CC(c1ccc(Cl)cc1)N(C)c1ncc(Cl)cc1N. The largest absolute Gasteiger partial charge is 0.466 e. The standard InChI is InChI=1S/C20H24Cl2N4O3/c1-4-29-19(28)10-18(27)25(2)12-17(13-5-7-14(21)8-6-13)26(3)20-16(23)9-15(22)11-24-20/h5-9,11,17H,4,10,12,23H2,1-3H3. The van der Waals surface area contributed by atoms with Crippen molar-refractivity contribution in [1.82, 2.24) is 9.88 Å². The van der Waals surface area contributed by atoms with Crippen LogP contribution in [0.1, 0.15) is 24.9 Å². The van der Waals surface area contributed by atoms with E-state index in [0.29, 0.717) is 28.1 Å². The lowest BCUT2D eigenvalue weighted by molar-refractivity contribution is -0.148. The predicted octanol–water partition coefficient (Wildman–Crippen LogP) is 3.56. The third kappa shape index (κ3) is 6.24. The first-order valence-corrected chi connectivity index (χ1v) is 9.77. The first-order valence-electron chi connectivity index (χ1n) is 9.01. The minimum Gasteiger partial charge on any atom is -0.466 e. The number of nitrogens with two attached hydrogens (primary N) is 1. The van der Waals surface area contributed by atoms with Gasteiger partial charge in [-0.3, -0.25) is 9.59 Å². The average Bonchev–Trinajstić information content (AvgIpc) is 2.66. The first-order chi connectivity index (χ1) is 13.7. The number of carbonyl (C=O) groups excluding carboxylic acids is 2. The molecule has 29 heavy (non-hydrogen) atoms. The summed E-state index contributed by atoms with van der Waals surface area (Å²) in [5.74, 6) is -0.363. The van der Waals surface area contributed by atoms with Crippen LogP contribution in [0.5, 0.6) is 0 Å². The van der Waals surface area contributed by atoms with Gasteiger partial charge < -0.3 is 20.3 Å². The maximum absolute atomic E-state index is 12.4. The van der Waals surface area contributed by atoms with Crippen LogP contribution >= 0.6 is 23.2 Å². The van der Waals surface area contributed by atoms with Gasteiger partial charge in [0.25, 0.3) is 0 Å². The highest BCUT2D eigenvalue weighted by atomic mass is 35.5. The molecule has 156 valence electrons. The van der Waals surface area contributed by atoms with Gasteiger partial charge in [-0.15, -0.1) is 0 Å². The van der Waals surface area contributed by atoms with E-state index >= 15 is 0 Å². The summed E-state index contributed by atoms with van der Waals surface area (Å²) in [5, 5.41) is 1.04. The van der Waals surface area contributed by atoms with E-state index in [1.54, 1.807) is 32.2 Å². The minimum atomic E-state index is -0.552. The van der Waals surface area contributed by atoms with Crippen LogP contribution in [0.2, 0.25) is 10.0 Å². The Morgan fingerprint density at radius 2 is 1.83 bits per heavy atom. The van der Waals surface area contributed by atoms with Gasteiger partial charge in [-0.2, -0.15) is 0 Å². The van der Waals surface area contributed by atoms with Gasteiger partial charge in [-0.25, -0.2) is 4.98 Å². The van der Waals surface area contributed by atoms with E-state index in [-0.39, 0.29) is 25.0 Å². The summed E-state index contributed by atoms with van der Waals surface area (Å²) in [4.78, 5) is 31.8. The number of rotatable bonds is 8. The van der Waals surface area contributed by atoms with Gasteiger partial charge in [0.15, 0.2) is 5.82 Å². The van der Waals surface area contributed by atoms with Crippen molar-refractivity contribution in [3.63, 3.8) is 0 Å².